The van der Waals surface area contributed by atoms with Gasteiger partial charge in [-0.05, 0) is 42.0 Å². The molecule has 3 aromatic rings. The third-order valence-corrected chi connectivity index (χ3v) is 6.45. The van der Waals surface area contributed by atoms with Crippen LogP contribution < -0.4 is 10.5 Å². The topological polar surface area (TPSA) is 176 Å². The Morgan fingerprint density at radius 1 is 0.957 bits per heavy atom. The van der Waals surface area contributed by atoms with Crippen molar-refractivity contribution in [3.63, 3.8) is 0 Å². The summed E-state index contributed by atoms with van der Waals surface area (Å²) in [5.41, 5.74) is 7.18. The van der Waals surface area contributed by atoms with Crippen molar-refractivity contribution in [1.29, 1.82) is 5.41 Å². The number of pyridine rings is 1. The number of ether oxygens (including phenoxy) is 2. The van der Waals surface area contributed by atoms with E-state index in [4.69, 9.17) is 40.4 Å². The minimum absolute atomic E-state index is 0.115. The number of amidine groups is 1. The molecule has 1 aliphatic rings. The molecule has 2 heterocycles. The molecular formula is C28H26F6N4O7S. The van der Waals surface area contributed by atoms with Crippen LogP contribution in [0.15, 0.2) is 65.7 Å². The largest absolute Gasteiger partial charge is 0.490 e. The maximum Gasteiger partial charge on any atom is 0.490 e. The van der Waals surface area contributed by atoms with Crippen LogP contribution in [0.25, 0.3) is 10.8 Å². The number of benzene rings is 2. The zero-order valence-corrected chi connectivity index (χ0v) is 24.5. The average Bonchev–Trinajstić information content (AvgIpc) is 3.54. The molecule has 0 amide bonds. The second-order valence-electron chi connectivity index (χ2n) is 8.81. The molecule has 46 heavy (non-hydrogen) atoms. The van der Waals surface area contributed by atoms with Gasteiger partial charge in [-0.1, -0.05) is 24.3 Å². The van der Waals surface area contributed by atoms with Gasteiger partial charge in [0, 0.05) is 35.1 Å². The maximum absolute atomic E-state index is 12.6. The number of carbonyl (C=O) groups excluding carboxylic acids is 1. The molecule has 0 atom stereocenters. The van der Waals surface area contributed by atoms with Crippen molar-refractivity contribution < 1.29 is 60.4 Å². The predicted octanol–water partition coefficient (Wildman–Crippen LogP) is 5.24. The van der Waals surface area contributed by atoms with Crippen molar-refractivity contribution in [3.8, 4) is 5.75 Å². The number of carboxylic acid groups (broad SMARTS) is 2. The van der Waals surface area contributed by atoms with Crippen molar-refractivity contribution in [1.82, 2.24) is 9.88 Å². The maximum atomic E-state index is 12.6. The minimum atomic E-state index is -5.08. The molecule has 5 N–H and O–H groups in total. The fourth-order valence-corrected chi connectivity index (χ4v) is 4.10. The number of alkyl halides is 6. The number of aromatic nitrogens is 1. The van der Waals surface area contributed by atoms with E-state index < -0.39 is 30.3 Å². The molecule has 18 heteroatoms. The number of nitrogens with one attached hydrogen (secondary N) is 1. The van der Waals surface area contributed by atoms with Crippen molar-refractivity contribution in [2.75, 3.05) is 38.3 Å². The summed E-state index contributed by atoms with van der Waals surface area (Å²) >= 11 is 1.46. The standard InChI is InChI=1S/C24H24N4O3S.2C2HF3O2/c1-32-21-14-17(23(26)28-10-2-3-11-28)5-7-19(21)24(29)31-13-12-30-18-6-4-16-8-9-27-22(25)20(16)15-18;2*3-2(4,5)1(6)7/h2-9,14-15,26H,10-13H2,1H3,(H2,25,27);2*(H,6,7). The van der Waals surface area contributed by atoms with Crippen LogP contribution in [0.5, 0.6) is 5.75 Å². The first-order valence-corrected chi connectivity index (χ1v) is 13.9. The van der Waals surface area contributed by atoms with Gasteiger partial charge >= 0.3 is 30.3 Å². The van der Waals surface area contributed by atoms with E-state index in [1.807, 2.05) is 53.6 Å². The second-order valence-corrected chi connectivity index (χ2v) is 9.66. The molecule has 0 fully saturated rings. The number of thioether (sulfide) groups is 1. The van der Waals surface area contributed by atoms with Crippen LogP contribution in [-0.4, -0.2) is 88.8 Å². The molecule has 4 rings (SSSR count). The Balaban J connectivity index is 0.000000440. The number of rotatable bonds is 7. The lowest BCUT2D eigenvalue weighted by Gasteiger charge is -2.19. The van der Waals surface area contributed by atoms with Crippen molar-refractivity contribution in [3.05, 3.63) is 71.9 Å². The number of halogens is 6. The molecule has 1 aliphatic heterocycles. The van der Waals surface area contributed by atoms with Gasteiger partial charge < -0.3 is 30.3 Å². The lowest BCUT2D eigenvalue weighted by Crippen LogP contribution is -2.28. The molecule has 0 aliphatic carbocycles. The Bertz CT molecular complexity index is 1570. The van der Waals surface area contributed by atoms with E-state index in [0.717, 1.165) is 34.3 Å². The van der Waals surface area contributed by atoms with Crippen LogP contribution in [0.4, 0.5) is 32.2 Å². The van der Waals surface area contributed by atoms with Crippen LogP contribution in [0.2, 0.25) is 0 Å². The van der Waals surface area contributed by atoms with Gasteiger partial charge in [-0.15, -0.1) is 11.8 Å². The first kappa shape index (κ1) is 37.2. The Labute approximate surface area is 261 Å². The quantitative estimate of drug-likeness (QED) is 0.0490. The fraction of sp³-hybridized carbons (Fsp3) is 0.250. The summed E-state index contributed by atoms with van der Waals surface area (Å²) in [6, 6.07) is 12.9. The highest BCUT2D eigenvalue weighted by Crippen LogP contribution is 2.25. The Hall–Kier alpha value is -5.00. The zero-order valence-electron chi connectivity index (χ0n) is 23.7. The summed E-state index contributed by atoms with van der Waals surface area (Å²) in [5.74, 6) is -4.39. The number of carbonyl (C=O) groups is 3. The van der Waals surface area contributed by atoms with E-state index in [1.165, 1.54) is 11.8 Å². The highest BCUT2D eigenvalue weighted by Gasteiger charge is 2.38. The SMILES string of the molecule is CSc1cc(C(=N)N2CC=CC2)ccc1C(=O)OCCOc1ccc2ccnc(N)c2c1.O=C(O)C(F)(F)F.O=C(O)C(F)(F)F. The third-order valence-electron chi connectivity index (χ3n) is 5.67. The number of esters is 1. The Morgan fingerprint density at radius 2 is 1.54 bits per heavy atom. The van der Waals surface area contributed by atoms with Gasteiger partial charge in [0.2, 0.25) is 0 Å². The van der Waals surface area contributed by atoms with Crippen LogP contribution in [-0.2, 0) is 14.3 Å². The van der Waals surface area contributed by atoms with E-state index in [2.05, 4.69) is 4.98 Å². The third kappa shape index (κ3) is 11.2. The van der Waals surface area contributed by atoms with Gasteiger partial charge in [-0.3, -0.25) is 5.41 Å². The summed E-state index contributed by atoms with van der Waals surface area (Å²) in [6.07, 6.45) is -2.51. The van der Waals surface area contributed by atoms with Crippen LogP contribution in [0, 0.1) is 5.41 Å². The van der Waals surface area contributed by atoms with Gasteiger partial charge in [0.25, 0.3) is 0 Å². The lowest BCUT2D eigenvalue weighted by atomic mass is 10.1. The second kappa shape index (κ2) is 16.4. The molecule has 0 bridgehead atoms. The van der Waals surface area contributed by atoms with Gasteiger partial charge in [0.15, 0.2) is 0 Å². The van der Waals surface area contributed by atoms with E-state index in [1.54, 1.807) is 18.3 Å². The summed E-state index contributed by atoms with van der Waals surface area (Å²) < 4.78 is 74.6. The molecule has 0 saturated heterocycles. The van der Waals surface area contributed by atoms with E-state index in [9.17, 15) is 31.1 Å². The molecule has 0 spiro atoms. The molecule has 0 saturated carbocycles. The number of anilines is 1. The monoisotopic (exact) mass is 676 g/mol. The number of hydrogen-bond acceptors (Lipinski definition) is 9. The Kier molecular flexibility index (Phi) is 13.2. The summed E-state index contributed by atoms with van der Waals surface area (Å²) in [6.45, 7) is 1.80. The van der Waals surface area contributed by atoms with Crippen LogP contribution >= 0.6 is 11.8 Å². The average molecular weight is 677 g/mol. The molecule has 248 valence electrons. The normalized spacial score (nSPS) is 12.4. The number of nitrogens with two attached hydrogens (primary N) is 1. The van der Waals surface area contributed by atoms with Crippen molar-refractivity contribution >= 4 is 52.1 Å². The smallest absolute Gasteiger partial charge is 0.490 e. The molecular weight excluding hydrogens is 650 g/mol. The fourth-order valence-electron chi connectivity index (χ4n) is 3.48. The number of fused-ring (bicyclic) bond motifs is 1. The summed E-state index contributed by atoms with van der Waals surface area (Å²) in [5, 5.41) is 24.4. The van der Waals surface area contributed by atoms with Crippen molar-refractivity contribution in [2.45, 2.75) is 17.2 Å². The van der Waals surface area contributed by atoms with E-state index in [0.29, 0.717) is 23.0 Å². The summed E-state index contributed by atoms with van der Waals surface area (Å²) in [4.78, 5) is 37.2. The number of carboxylic acids is 2. The zero-order chi connectivity index (χ0) is 34.7. The number of nitrogen functional groups attached to an aromatic ring is 1. The van der Waals surface area contributed by atoms with Gasteiger partial charge in [-0.2, -0.15) is 26.3 Å². The van der Waals surface area contributed by atoms with E-state index in [-0.39, 0.29) is 13.2 Å². The molecule has 0 radical (unpaired) electrons. The van der Waals surface area contributed by atoms with Gasteiger partial charge in [0.1, 0.15) is 30.6 Å². The molecule has 0 unspecified atom stereocenters. The molecule has 2 aromatic carbocycles. The molecule has 1 aromatic heterocycles. The first-order chi connectivity index (χ1) is 21.4. The first-order valence-electron chi connectivity index (χ1n) is 12.7. The summed E-state index contributed by atoms with van der Waals surface area (Å²) in [7, 11) is 0. The van der Waals surface area contributed by atoms with Gasteiger partial charge in [-0.25, -0.2) is 19.4 Å². The van der Waals surface area contributed by atoms with E-state index >= 15 is 0 Å². The van der Waals surface area contributed by atoms with Crippen molar-refractivity contribution in [2.24, 2.45) is 0 Å². The Morgan fingerprint density at radius 3 is 2.09 bits per heavy atom. The van der Waals surface area contributed by atoms with Gasteiger partial charge in [0.05, 0.1) is 5.56 Å². The number of nitrogens with zero attached hydrogens (tertiary/aromatic N) is 2. The lowest BCUT2D eigenvalue weighted by molar-refractivity contribution is -0.193. The molecule has 11 nitrogen and oxygen atoms in total. The minimum Gasteiger partial charge on any atom is -0.490 e. The highest BCUT2D eigenvalue weighted by atomic mass is 32.2. The highest BCUT2D eigenvalue weighted by molar-refractivity contribution is 7.98. The van der Waals surface area contributed by atoms with Crippen LogP contribution in [0.1, 0.15) is 15.9 Å². The number of hydrogen-bond donors (Lipinski definition) is 4. The van der Waals surface area contributed by atoms with Crippen LogP contribution in [0.3, 0.4) is 0 Å². The predicted molar refractivity (Wildman–Crippen MR) is 155 cm³/mol. The number of aliphatic carboxylic acids is 2.